The van der Waals surface area contributed by atoms with Crippen LogP contribution in [0.5, 0.6) is 0 Å². The predicted molar refractivity (Wildman–Crippen MR) is 83.3 cm³/mol. The minimum absolute atomic E-state index is 0.00267. The molecule has 3 heterocycles. The highest BCUT2D eigenvalue weighted by Gasteiger charge is 2.34. The van der Waals surface area contributed by atoms with Gasteiger partial charge in [-0.2, -0.15) is 23.3 Å². The van der Waals surface area contributed by atoms with E-state index >= 15 is 0 Å². The van der Waals surface area contributed by atoms with Crippen LogP contribution in [0.1, 0.15) is 19.0 Å². The van der Waals surface area contributed by atoms with E-state index in [0.717, 1.165) is 19.0 Å². The number of likely N-dealkylation sites (N-methyl/N-ethyl adjacent to an activating group) is 1. The molecule has 3 rings (SSSR count). The van der Waals surface area contributed by atoms with Gasteiger partial charge in [0.05, 0.1) is 5.69 Å². The third-order valence-corrected chi connectivity index (χ3v) is 4.28. The lowest BCUT2D eigenvalue weighted by Gasteiger charge is -2.24. The number of nitrogens with one attached hydrogen (secondary N) is 2. The lowest BCUT2D eigenvalue weighted by Crippen LogP contribution is -2.42. The summed E-state index contributed by atoms with van der Waals surface area (Å²) in [4.78, 5) is 10.2. The monoisotopic (exact) mass is 341 g/mol. The van der Waals surface area contributed by atoms with Gasteiger partial charge >= 0.3 is 6.18 Å². The number of H-pyrrole nitrogens is 1. The van der Waals surface area contributed by atoms with Crippen LogP contribution in [0, 0.1) is 0 Å². The van der Waals surface area contributed by atoms with Gasteiger partial charge in [-0.15, -0.1) is 0 Å². The molecule has 0 radical (unpaired) electrons. The van der Waals surface area contributed by atoms with Crippen molar-refractivity contribution >= 4 is 11.8 Å². The highest BCUT2D eigenvalue weighted by molar-refractivity contribution is 5.62. The van der Waals surface area contributed by atoms with E-state index in [9.17, 15) is 13.2 Å². The molecule has 1 atom stereocenters. The average molecular weight is 341 g/mol. The molecule has 0 bridgehead atoms. The van der Waals surface area contributed by atoms with Gasteiger partial charge in [-0.3, -0.25) is 5.10 Å². The van der Waals surface area contributed by atoms with E-state index in [1.807, 2.05) is 17.0 Å². The molecule has 2 aromatic heterocycles. The molecule has 0 spiro atoms. The Balaban J connectivity index is 1.91. The van der Waals surface area contributed by atoms with Crippen molar-refractivity contribution in [3.8, 4) is 11.4 Å². The Morgan fingerprint density at radius 1 is 1.29 bits per heavy atom. The van der Waals surface area contributed by atoms with Crippen LogP contribution in [-0.2, 0) is 6.18 Å². The summed E-state index contributed by atoms with van der Waals surface area (Å²) < 4.78 is 38.1. The Kier molecular flexibility index (Phi) is 3.86. The Morgan fingerprint density at radius 2 is 2.04 bits per heavy atom. The summed E-state index contributed by atoms with van der Waals surface area (Å²) in [5, 5.41) is 8.92. The maximum atomic E-state index is 12.7. The molecular formula is C14H18F3N7. The first-order valence-electron chi connectivity index (χ1n) is 7.42. The van der Waals surface area contributed by atoms with Gasteiger partial charge in [0.2, 0.25) is 5.95 Å². The van der Waals surface area contributed by atoms with Gasteiger partial charge in [-0.25, -0.2) is 4.98 Å². The van der Waals surface area contributed by atoms with Crippen molar-refractivity contribution in [3.63, 3.8) is 0 Å². The predicted octanol–water partition coefficient (Wildman–Crippen LogP) is 1.66. The number of hydrogen-bond donors (Lipinski definition) is 3. The summed E-state index contributed by atoms with van der Waals surface area (Å²) in [6.45, 7) is 3.58. The fourth-order valence-electron chi connectivity index (χ4n) is 2.70. The van der Waals surface area contributed by atoms with Crippen LogP contribution >= 0.6 is 0 Å². The first kappa shape index (κ1) is 16.5. The largest absolute Gasteiger partial charge is 0.432 e. The molecule has 0 aromatic carbocycles. The zero-order valence-electron chi connectivity index (χ0n) is 13.3. The molecule has 1 fully saturated rings. The van der Waals surface area contributed by atoms with Gasteiger partial charge in [-0.1, -0.05) is 0 Å². The number of halogens is 3. The zero-order valence-corrected chi connectivity index (χ0v) is 13.3. The maximum absolute atomic E-state index is 12.7. The third kappa shape index (κ3) is 3.14. The highest BCUT2D eigenvalue weighted by atomic mass is 19.4. The Morgan fingerprint density at radius 3 is 2.62 bits per heavy atom. The van der Waals surface area contributed by atoms with Crippen LogP contribution < -0.4 is 16.0 Å². The fourth-order valence-corrected chi connectivity index (χ4v) is 2.70. The molecule has 10 heteroatoms. The molecule has 7 nitrogen and oxygen atoms in total. The average Bonchev–Trinajstić information content (AvgIpc) is 3.14. The van der Waals surface area contributed by atoms with Gasteiger partial charge in [0.25, 0.3) is 0 Å². The Hall–Kier alpha value is -2.36. The molecule has 1 saturated heterocycles. The summed E-state index contributed by atoms with van der Waals surface area (Å²) in [6, 6.07) is 2.52. The van der Waals surface area contributed by atoms with Gasteiger partial charge < -0.3 is 16.0 Å². The minimum atomic E-state index is -4.49. The molecule has 2 aromatic rings. The number of rotatable bonds is 3. The summed E-state index contributed by atoms with van der Waals surface area (Å²) >= 11 is 0. The molecule has 130 valence electrons. The number of nitrogen functional groups attached to an aromatic ring is 1. The standard InChI is InChI=1S/C14H18F3N7/c1-13(19-2)3-4-24(7-13)11-6-8(20-12(18)21-11)9-5-10(23-22-9)14(15,16)17/h5-6,19H,3-4,7H2,1-2H3,(H,22,23)(H2,18,20,21)/t13-/m0/s1. The smallest absolute Gasteiger partial charge is 0.368 e. The van der Waals surface area contributed by atoms with E-state index in [1.54, 1.807) is 6.07 Å². The van der Waals surface area contributed by atoms with E-state index in [-0.39, 0.29) is 22.9 Å². The molecule has 0 amide bonds. The molecular weight excluding hydrogens is 323 g/mol. The second kappa shape index (κ2) is 5.62. The summed E-state index contributed by atoms with van der Waals surface area (Å²) in [5.41, 5.74) is 5.09. The quantitative estimate of drug-likeness (QED) is 0.786. The van der Waals surface area contributed by atoms with Gasteiger partial charge in [0.15, 0.2) is 0 Å². The van der Waals surface area contributed by atoms with Crippen LogP contribution in [0.3, 0.4) is 0 Å². The van der Waals surface area contributed by atoms with Gasteiger partial charge in [-0.05, 0) is 26.5 Å². The summed E-state index contributed by atoms with van der Waals surface area (Å²) in [7, 11) is 1.89. The summed E-state index contributed by atoms with van der Waals surface area (Å²) in [6.07, 6.45) is -3.57. The maximum Gasteiger partial charge on any atom is 0.432 e. The van der Waals surface area contributed by atoms with Crippen LogP contribution in [0.4, 0.5) is 24.9 Å². The van der Waals surface area contributed by atoms with E-state index in [2.05, 4.69) is 27.3 Å². The summed E-state index contributed by atoms with van der Waals surface area (Å²) in [5.74, 6) is 0.574. The lowest BCUT2D eigenvalue weighted by molar-refractivity contribution is -0.141. The van der Waals surface area contributed by atoms with Crippen molar-refractivity contribution in [1.29, 1.82) is 0 Å². The number of anilines is 2. The lowest BCUT2D eigenvalue weighted by atomic mass is 10.0. The van der Waals surface area contributed by atoms with Crippen molar-refractivity contribution in [2.45, 2.75) is 25.1 Å². The second-order valence-electron chi connectivity index (χ2n) is 6.12. The molecule has 0 aliphatic carbocycles. The molecule has 4 N–H and O–H groups in total. The van der Waals surface area contributed by atoms with E-state index in [4.69, 9.17) is 5.73 Å². The van der Waals surface area contributed by atoms with E-state index < -0.39 is 11.9 Å². The number of nitrogens with zero attached hydrogens (tertiary/aromatic N) is 4. The molecule has 1 aliphatic heterocycles. The highest BCUT2D eigenvalue weighted by Crippen LogP contribution is 2.31. The number of alkyl halides is 3. The van der Waals surface area contributed by atoms with E-state index in [0.29, 0.717) is 12.4 Å². The van der Waals surface area contributed by atoms with Crippen molar-refractivity contribution in [3.05, 3.63) is 17.8 Å². The number of aromatic amines is 1. The molecule has 1 aliphatic rings. The molecule has 0 unspecified atom stereocenters. The second-order valence-corrected chi connectivity index (χ2v) is 6.12. The number of hydrogen-bond acceptors (Lipinski definition) is 6. The van der Waals surface area contributed by atoms with Crippen LogP contribution in [0.25, 0.3) is 11.4 Å². The van der Waals surface area contributed by atoms with E-state index in [1.165, 1.54) is 0 Å². The van der Waals surface area contributed by atoms with Gasteiger partial charge in [0, 0.05) is 24.7 Å². The van der Waals surface area contributed by atoms with Crippen molar-refractivity contribution < 1.29 is 13.2 Å². The van der Waals surface area contributed by atoms with Crippen molar-refractivity contribution in [2.75, 3.05) is 30.8 Å². The fraction of sp³-hybridized carbons (Fsp3) is 0.500. The first-order chi connectivity index (χ1) is 11.2. The Labute approximate surface area is 136 Å². The van der Waals surface area contributed by atoms with Crippen molar-refractivity contribution in [1.82, 2.24) is 25.5 Å². The third-order valence-electron chi connectivity index (χ3n) is 4.28. The topological polar surface area (TPSA) is 95.8 Å². The number of nitrogens with two attached hydrogens (primary N) is 1. The number of aromatic nitrogens is 4. The normalized spacial score (nSPS) is 21.5. The SMILES string of the molecule is CN[C@@]1(C)CCN(c2cc(-c3cc(C(F)(F)F)[nH]n3)nc(N)n2)C1. The molecule has 0 saturated carbocycles. The van der Waals surface area contributed by atoms with Crippen LogP contribution in [0.15, 0.2) is 12.1 Å². The van der Waals surface area contributed by atoms with Crippen LogP contribution in [-0.4, -0.2) is 45.8 Å². The zero-order chi connectivity index (χ0) is 17.5. The Bertz CT molecular complexity index is 742. The van der Waals surface area contributed by atoms with Crippen LogP contribution in [0.2, 0.25) is 0 Å². The first-order valence-corrected chi connectivity index (χ1v) is 7.42. The molecule has 24 heavy (non-hydrogen) atoms. The van der Waals surface area contributed by atoms with Gasteiger partial charge in [0.1, 0.15) is 17.2 Å². The minimum Gasteiger partial charge on any atom is -0.368 e. The van der Waals surface area contributed by atoms with Crippen molar-refractivity contribution in [2.24, 2.45) is 0 Å².